The molecular formula is C23H26N2OS. The van der Waals surface area contributed by atoms with E-state index in [9.17, 15) is 0 Å². The molecule has 1 aliphatic heterocycles. The van der Waals surface area contributed by atoms with Crippen LogP contribution in [0.15, 0.2) is 48.5 Å². The van der Waals surface area contributed by atoms with Gasteiger partial charge in [-0.15, -0.1) is 11.3 Å². The third kappa shape index (κ3) is 4.57. The third-order valence-corrected chi connectivity index (χ3v) is 6.03. The van der Waals surface area contributed by atoms with Crippen molar-refractivity contribution in [1.82, 2.24) is 9.88 Å². The number of rotatable bonds is 6. The molecule has 0 bridgehead atoms. The summed E-state index contributed by atoms with van der Waals surface area (Å²) in [5, 5.41) is 1.03. The van der Waals surface area contributed by atoms with Crippen LogP contribution in [0.5, 0.6) is 5.75 Å². The van der Waals surface area contributed by atoms with Gasteiger partial charge in [-0.2, -0.15) is 0 Å². The summed E-state index contributed by atoms with van der Waals surface area (Å²) in [5.74, 6) is 0.949. The Labute approximate surface area is 165 Å². The zero-order valence-corrected chi connectivity index (χ0v) is 16.6. The lowest BCUT2D eigenvalue weighted by Gasteiger charge is -2.34. The molecule has 0 spiro atoms. The molecule has 4 rings (SSSR count). The monoisotopic (exact) mass is 378 g/mol. The molecule has 0 saturated carbocycles. The van der Waals surface area contributed by atoms with Gasteiger partial charge in [-0.1, -0.05) is 43.7 Å². The normalized spacial score (nSPS) is 16.8. The number of thiazole rings is 1. The van der Waals surface area contributed by atoms with Gasteiger partial charge in [0.15, 0.2) is 6.23 Å². The van der Waals surface area contributed by atoms with Gasteiger partial charge in [0.1, 0.15) is 10.8 Å². The first-order chi connectivity index (χ1) is 13.3. The van der Waals surface area contributed by atoms with E-state index >= 15 is 0 Å². The van der Waals surface area contributed by atoms with Gasteiger partial charge in [0.2, 0.25) is 0 Å². The Bertz CT molecular complexity index is 861. The van der Waals surface area contributed by atoms with Crippen LogP contribution in [-0.2, 0) is 0 Å². The highest BCUT2D eigenvalue weighted by Gasteiger charge is 2.20. The Hall–Kier alpha value is -2.17. The minimum atomic E-state index is 0.189. The number of piperidine rings is 1. The minimum absolute atomic E-state index is 0.189. The quantitative estimate of drug-likeness (QED) is 0.521. The topological polar surface area (TPSA) is 25.4 Å². The standard InChI is InChI=1S/C23H26N2OS/c1-2-23(25-16-6-3-7-17-25)26-19-13-10-18(11-14-19)12-15-22-24-20-8-4-5-9-21(20)27-22/h4-5,8-15,23H,2-3,6-7,16-17H2,1H3/b15-12+. The summed E-state index contributed by atoms with van der Waals surface area (Å²) in [6.45, 7) is 4.51. The molecule has 3 nitrogen and oxygen atoms in total. The van der Waals surface area contributed by atoms with Crippen LogP contribution >= 0.6 is 11.3 Å². The second-order valence-electron chi connectivity index (χ2n) is 7.00. The average Bonchev–Trinajstić information content (AvgIpc) is 3.15. The largest absolute Gasteiger partial charge is 0.475 e. The lowest BCUT2D eigenvalue weighted by Crippen LogP contribution is -2.42. The van der Waals surface area contributed by atoms with Crippen molar-refractivity contribution in [2.45, 2.75) is 38.8 Å². The maximum Gasteiger partial charge on any atom is 0.152 e. The molecule has 2 heterocycles. The molecule has 1 aliphatic rings. The molecule has 0 N–H and O–H groups in total. The number of para-hydroxylation sites is 1. The molecule has 1 fully saturated rings. The summed E-state index contributed by atoms with van der Waals surface area (Å²) in [5.41, 5.74) is 2.22. The van der Waals surface area contributed by atoms with Crippen LogP contribution in [0.2, 0.25) is 0 Å². The molecule has 1 saturated heterocycles. The van der Waals surface area contributed by atoms with E-state index in [1.54, 1.807) is 11.3 Å². The highest BCUT2D eigenvalue weighted by atomic mass is 32.1. The van der Waals surface area contributed by atoms with Crippen molar-refractivity contribution in [3.05, 3.63) is 59.1 Å². The van der Waals surface area contributed by atoms with E-state index in [2.05, 4.69) is 71.4 Å². The lowest BCUT2D eigenvalue weighted by atomic mass is 10.1. The number of likely N-dealkylation sites (tertiary alicyclic amines) is 1. The number of nitrogens with zero attached hydrogens (tertiary/aromatic N) is 2. The number of hydrogen-bond donors (Lipinski definition) is 0. The van der Waals surface area contributed by atoms with Gasteiger partial charge in [0.05, 0.1) is 10.2 Å². The van der Waals surface area contributed by atoms with Gasteiger partial charge >= 0.3 is 0 Å². The molecule has 0 amide bonds. The highest BCUT2D eigenvalue weighted by molar-refractivity contribution is 7.19. The van der Waals surface area contributed by atoms with Gasteiger partial charge in [-0.3, -0.25) is 4.90 Å². The highest BCUT2D eigenvalue weighted by Crippen LogP contribution is 2.24. The van der Waals surface area contributed by atoms with Crippen LogP contribution in [0.1, 0.15) is 43.2 Å². The SMILES string of the molecule is CCC(Oc1ccc(/C=C/c2nc3ccccc3s2)cc1)N1CCCCC1. The molecule has 3 aromatic rings. The number of ether oxygens (including phenoxy) is 1. The Morgan fingerprint density at radius 3 is 2.56 bits per heavy atom. The fraction of sp³-hybridized carbons (Fsp3) is 0.348. The van der Waals surface area contributed by atoms with Gasteiger partial charge in [0, 0.05) is 13.1 Å². The zero-order valence-electron chi connectivity index (χ0n) is 15.8. The summed E-state index contributed by atoms with van der Waals surface area (Å²) in [4.78, 5) is 7.13. The van der Waals surface area contributed by atoms with Gasteiger partial charge in [0.25, 0.3) is 0 Å². The average molecular weight is 379 g/mol. The van der Waals surface area contributed by atoms with Crippen LogP contribution in [0.3, 0.4) is 0 Å². The maximum absolute atomic E-state index is 6.25. The molecule has 2 aromatic carbocycles. The smallest absolute Gasteiger partial charge is 0.152 e. The summed E-state index contributed by atoms with van der Waals surface area (Å²) in [7, 11) is 0. The van der Waals surface area contributed by atoms with Gasteiger partial charge < -0.3 is 4.74 Å². The predicted molar refractivity (Wildman–Crippen MR) is 115 cm³/mol. The Kier molecular flexibility index (Phi) is 5.85. The minimum Gasteiger partial charge on any atom is -0.475 e. The first kappa shape index (κ1) is 18.2. The molecule has 1 unspecified atom stereocenters. The second kappa shape index (κ2) is 8.68. The Balaban J connectivity index is 1.40. The van der Waals surface area contributed by atoms with Crippen LogP contribution < -0.4 is 4.74 Å². The Morgan fingerprint density at radius 2 is 1.81 bits per heavy atom. The fourth-order valence-corrected chi connectivity index (χ4v) is 4.44. The van der Waals surface area contributed by atoms with Crippen molar-refractivity contribution in [2.24, 2.45) is 0 Å². The molecule has 0 radical (unpaired) electrons. The predicted octanol–water partition coefficient (Wildman–Crippen LogP) is 6.07. The third-order valence-electron chi connectivity index (χ3n) is 5.03. The van der Waals surface area contributed by atoms with Gasteiger partial charge in [-0.25, -0.2) is 4.98 Å². The van der Waals surface area contributed by atoms with E-state index in [4.69, 9.17) is 4.74 Å². The fourth-order valence-electron chi connectivity index (χ4n) is 3.57. The van der Waals surface area contributed by atoms with Crippen molar-refractivity contribution in [1.29, 1.82) is 0 Å². The number of hydrogen-bond acceptors (Lipinski definition) is 4. The van der Waals surface area contributed by atoms with E-state index in [0.717, 1.165) is 41.3 Å². The summed E-state index contributed by atoms with van der Waals surface area (Å²) in [6.07, 6.45) is 9.33. The Morgan fingerprint density at radius 1 is 1.04 bits per heavy atom. The maximum atomic E-state index is 6.25. The van der Waals surface area contributed by atoms with Crippen molar-refractivity contribution in [3.63, 3.8) is 0 Å². The summed E-state index contributed by atoms with van der Waals surface area (Å²) in [6, 6.07) is 16.6. The summed E-state index contributed by atoms with van der Waals surface area (Å²) >= 11 is 1.72. The molecule has 0 aliphatic carbocycles. The van der Waals surface area contributed by atoms with Crippen molar-refractivity contribution in [3.8, 4) is 5.75 Å². The van der Waals surface area contributed by atoms with E-state index in [1.165, 1.54) is 24.0 Å². The van der Waals surface area contributed by atoms with Gasteiger partial charge in [-0.05, 0) is 55.2 Å². The molecular weight excluding hydrogens is 352 g/mol. The van der Waals surface area contributed by atoms with Crippen LogP contribution in [0.4, 0.5) is 0 Å². The van der Waals surface area contributed by atoms with E-state index in [-0.39, 0.29) is 6.23 Å². The molecule has 4 heteroatoms. The lowest BCUT2D eigenvalue weighted by molar-refractivity contribution is 0.00982. The second-order valence-corrected chi connectivity index (χ2v) is 8.06. The molecule has 1 atom stereocenters. The van der Waals surface area contributed by atoms with Crippen molar-refractivity contribution >= 4 is 33.7 Å². The van der Waals surface area contributed by atoms with E-state index < -0.39 is 0 Å². The zero-order chi connectivity index (χ0) is 18.5. The number of aromatic nitrogens is 1. The first-order valence-electron chi connectivity index (χ1n) is 9.86. The summed E-state index contributed by atoms with van der Waals surface area (Å²) < 4.78 is 7.48. The van der Waals surface area contributed by atoms with Crippen LogP contribution in [0.25, 0.3) is 22.4 Å². The molecule has 1 aromatic heterocycles. The first-order valence-corrected chi connectivity index (χ1v) is 10.7. The molecule has 140 valence electrons. The van der Waals surface area contributed by atoms with Crippen molar-refractivity contribution < 1.29 is 4.74 Å². The van der Waals surface area contributed by atoms with Crippen molar-refractivity contribution in [2.75, 3.05) is 13.1 Å². The number of fused-ring (bicyclic) bond motifs is 1. The van der Waals surface area contributed by atoms with Crippen LogP contribution in [0, 0.1) is 0 Å². The van der Waals surface area contributed by atoms with E-state index in [0.29, 0.717) is 0 Å². The van der Waals surface area contributed by atoms with Crippen LogP contribution in [-0.4, -0.2) is 29.2 Å². The van der Waals surface area contributed by atoms with E-state index in [1.807, 2.05) is 6.07 Å². The number of benzene rings is 2. The molecule has 27 heavy (non-hydrogen) atoms.